The summed E-state index contributed by atoms with van der Waals surface area (Å²) in [7, 11) is 1.47. The number of carbonyl (C=O) groups excluding carboxylic acids is 1. The van der Waals surface area contributed by atoms with E-state index >= 15 is 0 Å². The van der Waals surface area contributed by atoms with Crippen molar-refractivity contribution in [3.05, 3.63) is 22.4 Å². The van der Waals surface area contributed by atoms with Gasteiger partial charge in [-0.2, -0.15) is 11.3 Å². The first-order valence-electron chi connectivity index (χ1n) is 4.90. The molecule has 1 heterocycles. The molecule has 0 bridgehead atoms. The van der Waals surface area contributed by atoms with Gasteiger partial charge in [-0.3, -0.25) is 4.79 Å². The highest BCUT2D eigenvalue weighted by molar-refractivity contribution is 7.07. The third kappa shape index (κ3) is 2.15. The molecule has 1 fully saturated rings. The average molecular weight is 210 g/mol. The molecule has 1 aliphatic rings. The summed E-state index contributed by atoms with van der Waals surface area (Å²) >= 11 is 1.73. The Morgan fingerprint density at radius 1 is 1.71 bits per heavy atom. The lowest BCUT2D eigenvalue weighted by Gasteiger charge is -1.97. The average Bonchev–Trinajstić information content (AvgIpc) is 2.80. The van der Waals surface area contributed by atoms with Crippen molar-refractivity contribution in [2.24, 2.45) is 11.8 Å². The maximum absolute atomic E-state index is 11.1. The minimum absolute atomic E-state index is 0.0275. The van der Waals surface area contributed by atoms with E-state index in [1.165, 1.54) is 12.7 Å². The van der Waals surface area contributed by atoms with Crippen molar-refractivity contribution in [1.82, 2.24) is 0 Å². The lowest BCUT2D eigenvalue weighted by atomic mass is 10.1. The number of carbonyl (C=O) groups is 1. The number of hydrogen-bond donors (Lipinski definition) is 0. The predicted octanol–water partition coefficient (Wildman–Crippen LogP) is 2.49. The van der Waals surface area contributed by atoms with E-state index in [0.717, 1.165) is 19.3 Å². The van der Waals surface area contributed by atoms with Crippen LogP contribution < -0.4 is 0 Å². The normalized spacial score (nSPS) is 24.6. The second-order valence-electron chi connectivity index (χ2n) is 3.80. The number of esters is 1. The molecule has 76 valence electrons. The molecule has 1 aromatic heterocycles. The Hall–Kier alpha value is -0.830. The van der Waals surface area contributed by atoms with Gasteiger partial charge < -0.3 is 4.74 Å². The van der Waals surface area contributed by atoms with Gasteiger partial charge in [-0.1, -0.05) is 0 Å². The smallest absolute Gasteiger partial charge is 0.308 e. The van der Waals surface area contributed by atoms with Crippen molar-refractivity contribution >= 4 is 17.3 Å². The Labute approximate surface area is 87.9 Å². The molecular weight excluding hydrogens is 196 g/mol. The third-order valence-electron chi connectivity index (χ3n) is 2.81. The monoisotopic (exact) mass is 210 g/mol. The van der Waals surface area contributed by atoms with Crippen LogP contribution in [-0.2, 0) is 16.0 Å². The molecule has 0 radical (unpaired) electrons. The summed E-state index contributed by atoms with van der Waals surface area (Å²) in [5.74, 6) is 0.737. The summed E-state index contributed by atoms with van der Waals surface area (Å²) in [4.78, 5) is 11.1. The molecule has 14 heavy (non-hydrogen) atoms. The largest absolute Gasteiger partial charge is 0.469 e. The van der Waals surface area contributed by atoms with Gasteiger partial charge in [-0.25, -0.2) is 0 Å². The van der Waals surface area contributed by atoms with E-state index < -0.39 is 0 Å². The lowest BCUT2D eigenvalue weighted by Crippen LogP contribution is -2.04. The summed E-state index contributed by atoms with van der Waals surface area (Å²) in [6, 6.07) is 2.15. The Bertz CT molecular complexity index is 305. The number of hydrogen-bond acceptors (Lipinski definition) is 3. The number of aryl methyl sites for hydroxylation is 1. The van der Waals surface area contributed by atoms with E-state index in [0.29, 0.717) is 5.92 Å². The summed E-state index contributed by atoms with van der Waals surface area (Å²) < 4.78 is 4.70. The lowest BCUT2D eigenvalue weighted by molar-refractivity contribution is -0.142. The Balaban J connectivity index is 1.72. The molecule has 0 amide bonds. The maximum atomic E-state index is 11.1. The Kier molecular flexibility index (Phi) is 2.87. The topological polar surface area (TPSA) is 26.3 Å². The number of rotatable bonds is 4. The van der Waals surface area contributed by atoms with Crippen LogP contribution in [0.25, 0.3) is 0 Å². The van der Waals surface area contributed by atoms with Crippen LogP contribution in [0.2, 0.25) is 0 Å². The van der Waals surface area contributed by atoms with Crippen LogP contribution in [0.3, 0.4) is 0 Å². The van der Waals surface area contributed by atoms with Crippen LogP contribution in [0.15, 0.2) is 16.8 Å². The van der Waals surface area contributed by atoms with Gasteiger partial charge in [0.05, 0.1) is 13.0 Å². The fourth-order valence-corrected chi connectivity index (χ4v) is 2.50. The summed E-state index contributed by atoms with van der Waals surface area (Å²) in [5.41, 5.74) is 1.39. The molecule has 0 aliphatic heterocycles. The van der Waals surface area contributed by atoms with Crippen LogP contribution in [0.1, 0.15) is 18.4 Å². The van der Waals surface area contributed by atoms with Gasteiger partial charge in [0.25, 0.3) is 0 Å². The quantitative estimate of drug-likeness (QED) is 0.714. The van der Waals surface area contributed by atoms with E-state index in [2.05, 4.69) is 16.8 Å². The molecule has 2 rings (SSSR count). The molecule has 2 nitrogen and oxygen atoms in total. The van der Waals surface area contributed by atoms with Crippen LogP contribution in [0, 0.1) is 11.8 Å². The van der Waals surface area contributed by atoms with Gasteiger partial charge in [0.1, 0.15) is 0 Å². The minimum Gasteiger partial charge on any atom is -0.469 e. The van der Waals surface area contributed by atoms with E-state index in [-0.39, 0.29) is 11.9 Å². The molecule has 1 aliphatic carbocycles. The van der Waals surface area contributed by atoms with Gasteiger partial charge in [-0.05, 0) is 47.6 Å². The molecule has 3 heteroatoms. The Morgan fingerprint density at radius 2 is 2.57 bits per heavy atom. The summed E-state index contributed by atoms with van der Waals surface area (Å²) in [6.45, 7) is 0. The Morgan fingerprint density at radius 3 is 3.21 bits per heavy atom. The summed E-state index contributed by atoms with van der Waals surface area (Å²) in [5, 5.41) is 4.27. The van der Waals surface area contributed by atoms with E-state index in [9.17, 15) is 4.79 Å². The maximum Gasteiger partial charge on any atom is 0.308 e. The first-order chi connectivity index (χ1) is 6.81. The molecule has 0 aromatic carbocycles. The van der Waals surface area contributed by atoms with Gasteiger partial charge >= 0.3 is 5.97 Å². The zero-order valence-electron chi connectivity index (χ0n) is 8.23. The van der Waals surface area contributed by atoms with Crippen LogP contribution in [0.4, 0.5) is 0 Å². The van der Waals surface area contributed by atoms with Crippen molar-refractivity contribution in [3.8, 4) is 0 Å². The standard InChI is InChI=1S/C11H14O2S/c1-13-11(12)10-6-9(10)3-2-8-4-5-14-7-8/h4-5,7,9-10H,2-3,6H2,1H3. The number of ether oxygens (including phenoxy) is 1. The predicted molar refractivity (Wildman–Crippen MR) is 56.3 cm³/mol. The number of methoxy groups -OCH3 is 1. The number of thiophene rings is 1. The summed E-state index contributed by atoms with van der Waals surface area (Å²) in [6.07, 6.45) is 3.25. The molecule has 2 unspecified atom stereocenters. The van der Waals surface area contributed by atoms with Crippen molar-refractivity contribution in [2.75, 3.05) is 7.11 Å². The molecule has 1 saturated carbocycles. The van der Waals surface area contributed by atoms with Gasteiger partial charge in [0, 0.05) is 0 Å². The first kappa shape index (κ1) is 9.71. The molecule has 0 saturated heterocycles. The zero-order chi connectivity index (χ0) is 9.97. The minimum atomic E-state index is -0.0275. The van der Waals surface area contributed by atoms with E-state index in [4.69, 9.17) is 4.74 Å². The molecule has 2 atom stereocenters. The van der Waals surface area contributed by atoms with Crippen molar-refractivity contribution < 1.29 is 9.53 Å². The molecular formula is C11H14O2S. The second kappa shape index (κ2) is 4.13. The molecule has 1 aromatic rings. The van der Waals surface area contributed by atoms with Crippen molar-refractivity contribution in [2.45, 2.75) is 19.3 Å². The third-order valence-corrected chi connectivity index (χ3v) is 3.54. The highest BCUT2D eigenvalue weighted by Gasteiger charge is 2.43. The molecule has 0 N–H and O–H groups in total. The van der Waals surface area contributed by atoms with Crippen LogP contribution >= 0.6 is 11.3 Å². The van der Waals surface area contributed by atoms with E-state index in [1.807, 2.05) is 0 Å². The SMILES string of the molecule is COC(=O)C1CC1CCc1ccsc1. The first-order valence-corrected chi connectivity index (χ1v) is 5.84. The fourth-order valence-electron chi connectivity index (χ4n) is 1.79. The van der Waals surface area contributed by atoms with Crippen molar-refractivity contribution in [3.63, 3.8) is 0 Å². The second-order valence-corrected chi connectivity index (χ2v) is 4.58. The van der Waals surface area contributed by atoms with Crippen molar-refractivity contribution in [1.29, 1.82) is 0 Å². The zero-order valence-corrected chi connectivity index (χ0v) is 9.05. The van der Waals surface area contributed by atoms with Crippen LogP contribution in [0.5, 0.6) is 0 Å². The fraction of sp³-hybridized carbons (Fsp3) is 0.545. The van der Waals surface area contributed by atoms with Crippen LogP contribution in [-0.4, -0.2) is 13.1 Å². The van der Waals surface area contributed by atoms with E-state index in [1.54, 1.807) is 11.3 Å². The molecule has 0 spiro atoms. The van der Waals surface area contributed by atoms with Gasteiger partial charge in [-0.15, -0.1) is 0 Å². The van der Waals surface area contributed by atoms with Gasteiger partial charge in [0.15, 0.2) is 0 Å². The highest BCUT2D eigenvalue weighted by atomic mass is 32.1. The highest BCUT2D eigenvalue weighted by Crippen LogP contribution is 2.42. The van der Waals surface area contributed by atoms with Gasteiger partial charge in [0.2, 0.25) is 0 Å².